The van der Waals surface area contributed by atoms with Gasteiger partial charge in [-0.25, -0.2) is 0 Å². The highest BCUT2D eigenvalue weighted by atomic mass is 16.3. The maximum Gasteiger partial charge on any atom is 0.209 e. The molecule has 0 aromatic heterocycles. The second-order valence-electron chi connectivity index (χ2n) is 2.43. The summed E-state index contributed by atoms with van der Waals surface area (Å²) in [5, 5.41) is 8.99. The largest absolute Gasteiger partial charge is 0.341 e. The third-order valence-electron chi connectivity index (χ3n) is 0.927. The summed E-state index contributed by atoms with van der Waals surface area (Å²) in [6.07, 6.45) is 0.905. The van der Waals surface area contributed by atoms with Crippen LogP contribution in [-0.2, 0) is 0 Å². The lowest BCUT2D eigenvalue weighted by Crippen LogP contribution is -2.41. The fourth-order valence-electron chi connectivity index (χ4n) is 0.285. The van der Waals surface area contributed by atoms with Crippen molar-refractivity contribution in [3.05, 3.63) is 19.7 Å². The number of likely N-dealkylation sites (N-methyl/N-ethyl adjacent to an activating group) is 1. The summed E-state index contributed by atoms with van der Waals surface area (Å²) in [5.41, 5.74) is 0. The van der Waals surface area contributed by atoms with Crippen LogP contribution in [0.25, 0.3) is 0 Å². The fourth-order valence-corrected chi connectivity index (χ4v) is 0.285. The molecule has 0 aliphatic heterocycles. The molecule has 0 saturated heterocycles. The number of quaternary nitrogens is 1. The maximum atomic E-state index is 8.99. The Balaban J connectivity index is 3.80. The number of aliphatic hydroxyl groups is 1. The second kappa shape index (κ2) is 2.29. The smallest absolute Gasteiger partial charge is 0.209 e. The lowest BCUT2D eigenvalue weighted by molar-refractivity contribution is -0.887. The van der Waals surface area contributed by atoms with E-state index in [1.807, 2.05) is 0 Å². The van der Waals surface area contributed by atoms with Crippen molar-refractivity contribution in [3.8, 4) is 0 Å². The molecule has 8 heavy (non-hydrogen) atoms. The van der Waals surface area contributed by atoms with Gasteiger partial charge in [-0.05, 0) is 6.08 Å². The van der Waals surface area contributed by atoms with Gasteiger partial charge in [0.25, 0.3) is 0 Å². The molecule has 0 saturated carbocycles. The van der Waals surface area contributed by atoms with Crippen molar-refractivity contribution in [3.63, 3.8) is 0 Å². The Morgan fingerprint density at radius 3 is 2.00 bits per heavy atom. The number of nitrogens with zero attached hydrogens (tertiary/aromatic N) is 1. The maximum absolute atomic E-state index is 8.99. The van der Waals surface area contributed by atoms with Gasteiger partial charge in [0, 0.05) is 0 Å². The Bertz CT molecular complexity index is 83.0. The van der Waals surface area contributed by atoms with Gasteiger partial charge in [0.05, 0.1) is 14.1 Å². The van der Waals surface area contributed by atoms with E-state index in [0.717, 1.165) is 0 Å². The van der Waals surface area contributed by atoms with Crippen LogP contribution in [0.4, 0.5) is 0 Å². The first-order valence-electron chi connectivity index (χ1n) is 2.47. The predicted octanol–water partition coefficient (Wildman–Crippen LogP) is 0.359. The predicted molar refractivity (Wildman–Crippen MR) is 33.7 cm³/mol. The molecule has 2 heteroatoms. The number of aliphatic hydroxyl groups excluding tert-OH is 1. The van der Waals surface area contributed by atoms with Crippen molar-refractivity contribution in [2.24, 2.45) is 0 Å². The Morgan fingerprint density at radius 2 is 2.00 bits per heavy atom. The Morgan fingerprint density at radius 1 is 1.62 bits per heavy atom. The highest BCUT2D eigenvalue weighted by Gasteiger charge is 2.15. The van der Waals surface area contributed by atoms with Crippen molar-refractivity contribution < 1.29 is 9.59 Å². The van der Waals surface area contributed by atoms with Crippen LogP contribution in [-0.4, -0.2) is 29.9 Å². The van der Waals surface area contributed by atoms with E-state index in [1.165, 1.54) is 6.08 Å². The molecule has 0 heterocycles. The van der Waals surface area contributed by atoms with Crippen molar-refractivity contribution in [2.75, 3.05) is 14.1 Å². The molecule has 47 valence electrons. The first kappa shape index (κ1) is 7.66. The van der Waals surface area contributed by atoms with E-state index in [4.69, 9.17) is 5.11 Å². The molecule has 0 aliphatic carbocycles. The Kier molecular flexibility index (Phi) is 2.19. The zero-order chi connectivity index (χ0) is 6.78. The van der Waals surface area contributed by atoms with Gasteiger partial charge in [-0.1, -0.05) is 6.58 Å². The summed E-state index contributed by atoms with van der Waals surface area (Å²) < 4.78 is 0.267. The molecule has 1 N–H and O–H groups in total. The van der Waals surface area contributed by atoms with E-state index in [0.29, 0.717) is 0 Å². The molecule has 1 atom stereocenters. The lowest BCUT2D eigenvalue weighted by Gasteiger charge is -2.26. The first-order valence-corrected chi connectivity index (χ1v) is 2.47. The number of rotatable bonds is 2. The second-order valence-corrected chi connectivity index (χ2v) is 2.43. The van der Waals surface area contributed by atoms with E-state index in [1.54, 1.807) is 14.1 Å². The van der Waals surface area contributed by atoms with E-state index < -0.39 is 6.23 Å². The highest BCUT2D eigenvalue weighted by molar-refractivity contribution is 4.69. The average molecular weight is 115 g/mol. The molecule has 0 fully saturated rings. The monoisotopic (exact) mass is 115 g/mol. The van der Waals surface area contributed by atoms with Gasteiger partial charge in [-0.2, -0.15) is 0 Å². The minimum Gasteiger partial charge on any atom is -0.341 e. The molecule has 0 bridgehead atoms. The van der Waals surface area contributed by atoms with Crippen molar-refractivity contribution in [1.82, 2.24) is 0 Å². The number of hydrogen-bond donors (Lipinski definition) is 1. The van der Waals surface area contributed by atoms with Crippen LogP contribution in [0.2, 0.25) is 0 Å². The minimum atomic E-state index is -0.560. The highest BCUT2D eigenvalue weighted by Crippen LogP contribution is 1.99. The topological polar surface area (TPSA) is 20.2 Å². The van der Waals surface area contributed by atoms with Crippen LogP contribution >= 0.6 is 0 Å². The van der Waals surface area contributed by atoms with Crippen LogP contribution in [0, 0.1) is 7.05 Å². The van der Waals surface area contributed by atoms with E-state index in [2.05, 4.69) is 13.6 Å². The SMILES string of the molecule is [CH2][N+](C)(C)C(O)C=C. The van der Waals surface area contributed by atoms with Crippen LogP contribution < -0.4 is 0 Å². The van der Waals surface area contributed by atoms with Crippen molar-refractivity contribution in [2.45, 2.75) is 6.23 Å². The zero-order valence-electron chi connectivity index (χ0n) is 5.46. The average Bonchev–Trinajstić information content (AvgIpc) is 1.62. The quantitative estimate of drug-likeness (QED) is 0.313. The lowest BCUT2D eigenvalue weighted by atomic mass is 10.4. The fraction of sp³-hybridized carbons (Fsp3) is 0.500. The first-order chi connectivity index (χ1) is 3.48. The van der Waals surface area contributed by atoms with E-state index in [-0.39, 0.29) is 4.48 Å². The Labute approximate surface area is 50.6 Å². The molecule has 2 nitrogen and oxygen atoms in total. The summed E-state index contributed by atoms with van der Waals surface area (Å²) in [7, 11) is 7.25. The molecule has 0 aromatic rings. The molecule has 0 spiro atoms. The molecular formula is C6H13NO+. The van der Waals surface area contributed by atoms with Gasteiger partial charge in [0.2, 0.25) is 6.23 Å². The molecule has 1 unspecified atom stereocenters. The van der Waals surface area contributed by atoms with E-state index >= 15 is 0 Å². The van der Waals surface area contributed by atoms with Gasteiger partial charge in [0.15, 0.2) is 0 Å². The van der Waals surface area contributed by atoms with Crippen molar-refractivity contribution >= 4 is 0 Å². The van der Waals surface area contributed by atoms with Gasteiger partial charge < -0.3 is 5.11 Å². The molecular weight excluding hydrogens is 102 g/mol. The van der Waals surface area contributed by atoms with Crippen LogP contribution in [0.3, 0.4) is 0 Å². The van der Waals surface area contributed by atoms with Crippen molar-refractivity contribution in [1.29, 1.82) is 0 Å². The Hall–Kier alpha value is -0.340. The zero-order valence-corrected chi connectivity index (χ0v) is 5.46. The third kappa shape index (κ3) is 2.09. The summed E-state index contributed by atoms with van der Waals surface area (Å²) >= 11 is 0. The van der Waals surface area contributed by atoms with Crippen LogP contribution in [0.1, 0.15) is 0 Å². The summed E-state index contributed by atoms with van der Waals surface area (Å²) in [6.45, 7) is 3.42. The van der Waals surface area contributed by atoms with Gasteiger partial charge >= 0.3 is 0 Å². The minimum absolute atomic E-state index is 0.267. The van der Waals surface area contributed by atoms with Gasteiger partial charge in [-0.15, -0.1) is 0 Å². The standard InChI is InChI=1S/C6H13NO/c1-5-6(8)7(2,3)4/h5-6,8H,1-2H2,3-4H3/q+1. The molecule has 0 rings (SSSR count). The summed E-state index contributed by atoms with van der Waals surface area (Å²) in [4.78, 5) is 0. The van der Waals surface area contributed by atoms with Crippen LogP contribution in [0.15, 0.2) is 12.7 Å². The third-order valence-corrected chi connectivity index (χ3v) is 0.927. The molecule has 0 amide bonds. The van der Waals surface area contributed by atoms with Gasteiger partial charge in [0.1, 0.15) is 7.05 Å². The molecule has 0 aliphatic rings. The number of hydrogen-bond acceptors (Lipinski definition) is 1. The van der Waals surface area contributed by atoms with E-state index in [9.17, 15) is 0 Å². The summed E-state index contributed by atoms with van der Waals surface area (Å²) in [6, 6.07) is 0. The molecule has 1 radical (unpaired) electrons. The summed E-state index contributed by atoms with van der Waals surface area (Å²) in [5.74, 6) is 0. The molecule has 0 aromatic carbocycles. The van der Waals surface area contributed by atoms with Crippen LogP contribution in [0.5, 0.6) is 0 Å². The normalized spacial score (nSPS) is 15.5. The van der Waals surface area contributed by atoms with Gasteiger partial charge in [-0.3, -0.25) is 4.48 Å².